The number of hydrogen-bond acceptors (Lipinski definition) is 6. The van der Waals surface area contributed by atoms with Crippen LogP contribution in [-0.2, 0) is 12.2 Å². The quantitative estimate of drug-likeness (QED) is 0.104. The Morgan fingerprint density at radius 3 is 2.29 bits per heavy atom. The number of benzene rings is 4. The second kappa shape index (κ2) is 13.1. The monoisotopic (exact) mass is 582 g/mol. The number of carbonyl (C=O) groups is 1. The van der Waals surface area contributed by atoms with Gasteiger partial charge in [-0.25, -0.2) is 9.18 Å². The van der Waals surface area contributed by atoms with Crippen molar-refractivity contribution in [2.24, 2.45) is 0 Å². The summed E-state index contributed by atoms with van der Waals surface area (Å²) in [5.41, 5.74) is 4.12. The van der Waals surface area contributed by atoms with Gasteiger partial charge in [0.1, 0.15) is 5.82 Å². The van der Waals surface area contributed by atoms with E-state index in [1.165, 1.54) is 36.0 Å². The molecule has 0 radical (unpaired) electrons. The summed E-state index contributed by atoms with van der Waals surface area (Å²) in [6.45, 7) is 1.97. The second-order valence-electron chi connectivity index (χ2n) is 9.57. The summed E-state index contributed by atoms with van der Waals surface area (Å²) in [7, 11) is 0. The van der Waals surface area contributed by atoms with Crippen LogP contribution in [0.25, 0.3) is 5.69 Å². The number of thioether (sulfide) groups is 1. The largest absolute Gasteiger partial charge is 0.327 e. The Kier molecular flexibility index (Phi) is 8.88. The van der Waals surface area contributed by atoms with Gasteiger partial charge in [-0.15, -0.1) is 10.2 Å². The maximum Gasteiger partial charge on any atom is 0.319 e. The van der Waals surface area contributed by atoms with E-state index < -0.39 is 17.0 Å². The van der Waals surface area contributed by atoms with Crippen molar-refractivity contribution in [1.82, 2.24) is 20.1 Å². The van der Waals surface area contributed by atoms with Crippen LogP contribution in [0.2, 0.25) is 0 Å². The average molecular weight is 583 g/mol. The molecule has 0 aliphatic rings. The van der Waals surface area contributed by atoms with Gasteiger partial charge in [0.2, 0.25) is 0 Å². The van der Waals surface area contributed by atoms with Gasteiger partial charge >= 0.3 is 6.03 Å². The van der Waals surface area contributed by atoms with Gasteiger partial charge in [0, 0.05) is 35.7 Å². The van der Waals surface area contributed by atoms with Crippen LogP contribution in [0.1, 0.15) is 28.6 Å². The normalized spacial score (nSPS) is 11.6. The Labute approximate surface area is 246 Å². The fourth-order valence-corrected chi connectivity index (χ4v) is 5.23. The molecule has 2 N–H and O–H groups in total. The lowest BCUT2D eigenvalue weighted by atomic mass is 10.1. The summed E-state index contributed by atoms with van der Waals surface area (Å²) in [5.74, 6) is 0.614. The predicted molar refractivity (Wildman–Crippen MR) is 160 cm³/mol. The summed E-state index contributed by atoms with van der Waals surface area (Å²) in [6.07, 6.45) is 0.413. The highest BCUT2D eigenvalue weighted by Crippen LogP contribution is 2.30. The summed E-state index contributed by atoms with van der Waals surface area (Å²) in [4.78, 5) is 24.0. The number of urea groups is 1. The zero-order valence-corrected chi connectivity index (χ0v) is 23.4. The third-order valence-electron chi connectivity index (χ3n) is 6.47. The summed E-state index contributed by atoms with van der Waals surface area (Å²) >= 11 is 1.38. The molecule has 0 saturated carbocycles. The Morgan fingerprint density at radius 2 is 1.62 bits per heavy atom. The third-order valence-corrected chi connectivity index (χ3v) is 7.47. The highest BCUT2D eigenvalue weighted by atomic mass is 32.2. The molecule has 212 valence electrons. The molecule has 2 amide bonds. The number of carbonyl (C=O) groups excluding carboxylic acids is 1. The van der Waals surface area contributed by atoms with Crippen LogP contribution in [0.5, 0.6) is 0 Å². The molecule has 1 atom stereocenters. The Hall–Kier alpha value is -5.03. The molecule has 1 unspecified atom stereocenters. The van der Waals surface area contributed by atoms with Crippen LogP contribution < -0.4 is 10.6 Å². The number of halogens is 1. The van der Waals surface area contributed by atoms with Crippen molar-refractivity contribution in [3.05, 3.63) is 142 Å². The number of non-ortho nitro benzene ring substituents is 1. The van der Waals surface area contributed by atoms with Gasteiger partial charge in [0.05, 0.1) is 11.0 Å². The highest BCUT2D eigenvalue weighted by Gasteiger charge is 2.25. The number of aromatic nitrogens is 3. The minimum atomic E-state index is -0.610. The SMILES string of the molecule is Cc1ccc(NC(=O)NC(Cc2ccccc2)c2nnc(SCc3ccc(F)cc3)n2-c2ccc([N+](=O)[O-])cc2)cc1. The van der Waals surface area contributed by atoms with Crippen LogP contribution in [0.3, 0.4) is 0 Å². The minimum Gasteiger partial charge on any atom is -0.327 e. The van der Waals surface area contributed by atoms with Gasteiger partial charge in [0.15, 0.2) is 11.0 Å². The molecular weight excluding hydrogens is 555 g/mol. The van der Waals surface area contributed by atoms with E-state index >= 15 is 0 Å². The van der Waals surface area contributed by atoms with Crippen LogP contribution in [0.15, 0.2) is 108 Å². The van der Waals surface area contributed by atoms with E-state index in [0.29, 0.717) is 34.5 Å². The summed E-state index contributed by atoms with van der Waals surface area (Å²) in [6, 6.07) is 28.4. The molecule has 5 aromatic rings. The van der Waals surface area contributed by atoms with Gasteiger partial charge in [0.25, 0.3) is 5.69 Å². The van der Waals surface area contributed by atoms with E-state index in [1.54, 1.807) is 28.8 Å². The lowest BCUT2D eigenvalue weighted by Gasteiger charge is -2.20. The predicted octanol–water partition coefficient (Wildman–Crippen LogP) is 7.02. The molecule has 0 bridgehead atoms. The first kappa shape index (κ1) is 28.5. The molecule has 9 nitrogen and oxygen atoms in total. The number of nitrogens with zero attached hydrogens (tertiary/aromatic N) is 4. The fourth-order valence-electron chi connectivity index (χ4n) is 4.31. The molecular formula is C31H27FN6O3S. The molecule has 0 aliphatic carbocycles. The number of rotatable bonds is 10. The maximum atomic E-state index is 13.4. The molecule has 1 aromatic heterocycles. The molecule has 0 saturated heterocycles. The van der Waals surface area contributed by atoms with Crippen molar-refractivity contribution in [3.63, 3.8) is 0 Å². The molecule has 0 spiro atoms. The molecule has 11 heteroatoms. The Bertz CT molecular complexity index is 1660. The van der Waals surface area contributed by atoms with Crippen molar-refractivity contribution in [1.29, 1.82) is 0 Å². The van der Waals surface area contributed by atoms with E-state index in [0.717, 1.165) is 16.7 Å². The van der Waals surface area contributed by atoms with Crippen LogP contribution in [0.4, 0.5) is 20.6 Å². The number of anilines is 1. The van der Waals surface area contributed by atoms with E-state index in [1.807, 2.05) is 61.5 Å². The number of amides is 2. The van der Waals surface area contributed by atoms with Crippen LogP contribution in [0, 0.1) is 22.9 Å². The molecule has 42 heavy (non-hydrogen) atoms. The first-order valence-corrected chi connectivity index (χ1v) is 14.1. The van der Waals surface area contributed by atoms with Crippen molar-refractivity contribution in [3.8, 4) is 5.69 Å². The van der Waals surface area contributed by atoms with Gasteiger partial charge in [-0.05, 0) is 54.4 Å². The summed E-state index contributed by atoms with van der Waals surface area (Å²) in [5, 5.41) is 26.7. The molecule has 1 heterocycles. The lowest BCUT2D eigenvalue weighted by molar-refractivity contribution is -0.384. The van der Waals surface area contributed by atoms with Crippen LogP contribution in [-0.4, -0.2) is 25.7 Å². The number of hydrogen-bond donors (Lipinski definition) is 2. The van der Waals surface area contributed by atoms with E-state index in [-0.39, 0.29) is 11.5 Å². The molecule has 0 aliphatic heterocycles. The maximum absolute atomic E-state index is 13.4. The summed E-state index contributed by atoms with van der Waals surface area (Å²) < 4.78 is 15.2. The fraction of sp³-hybridized carbons (Fsp3) is 0.129. The smallest absolute Gasteiger partial charge is 0.319 e. The topological polar surface area (TPSA) is 115 Å². The molecule has 0 fully saturated rings. The van der Waals surface area contributed by atoms with Crippen molar-refractivity contribution < 1.29 is 14.1 Å². The van der Waals surface area contributed by atoms with Gasteiger partial charge in [-0.3, -0.25) is 14.7 Å². The van der Waals surface area contributed by atoms with Crippen molar-refractivity contribution >= 4 is 29.2 Å². The molecule has 5 rings (SSSR count). The standard InChI is InChI=1S/C31H27FN6O3S/c1-21-7-13-25(14-8-21)33-30(39)34-28(19-22-5-3-2-4-6-22)29-35-36-31(42-20-23-9-11-24(32)12-10-23)37(29)26-15-17-27(18-16-26)38(40)41/h2-18,28H,19-20H2,1H3,(H2,33,34,39). The van der Waals surface area contributed by atoms with E-state index in [2.05, 4.69) is 20.8 Å². The average Bonchev–Trinajstić information content (AvgIpc) is 3.42. The lowest BCUT2D eigenvalue weighted by Crippen LogP contribution is -2.35. The zero-order chi connectivity index (χ0) is 29.5. The molecule has 4 aromatic carbocycles. The third kappa shape index (κ3) is 7.18. The van der Waals surface area contributed by atoms with Crippen LogP contribution >= 0.6 is 11.8 Å². The Morgan fingerprint density at radius 1 is 0.929 bits per heavy atom. The number of nitro benzene ring substituents is 1. The minimum absolute atomic E-state index is 0.0506. The number of nitrogens with one attached hydrogen (secondary N) is 2. The first-order valence-electron chi connectivity index (χ1n) is 13.1. The zero-order valence-electron chi connectivity index (χ0n) is 22.6. The highest BCUT2D eigenvalue weighted by molar-refractivity contribution is 7.98. The first-order chi connectivity index (χ1) is 20.4. The van der Waals surface area contributed by atoms with Crippen molar-refractivity contribution in [2.75, 3.05) is 5.32 Å². The van der Waals surface area contributed by atoms with Gasteiger partial charge in [-0.2, -0.15) is 0 Å². The second-order valence-corrected chi connectivity index (χ2v) is 10.5. The van der Waals surface area contributed by atoms with Crippen molar-refractivity contribution in [2.45, 2.75) is 30.3 Å². The van der Waals surface area contributed by atoms with Gasteiger partial charge in [-0.1, -0.05) is 71.9 Å². The Balaban J connectivity index is 1.50. The number of nitro groups is 1. The number of aryl methyl sites for hydroxylation is 1. The van der Waals surface area contributed by atoms with E-state index in [4.69, 9.17) is 0 Å². The van der Waals surface area contributed by atoms with Gasteiger partial charge < -0.3 is 10.6 Å². The van der Waals surface area contributed by atoms with E-state index in [9.17, 15) is 19.3 Å².